The average molecular weight is 299 g/mol. The molecule has 0 bridgehead atoms. The Labute approximate surface area is 118 Å². The molecule has 0 N–H and O–H groups in total. The van der Waals surface area contributed by atoms with E-state index in [-0.39, 0.29) is 29.9 Å². The van der Waals surface area contributed by atoms with Gasteiger partial charge in [0.2, 0.25) is 5.91 Å². The van der Waals surface area contributed by atoms with Gasteiger partial charge in [-0.2, -0.15) is 0 Å². The number of hydrogen-bond donors (Lipinski definition) is 0. The summed E-state index contributed by atoms with van der Waals surface area (Å²) in [5.74, 6) is -0.485. The normalized spacial score (nSPS) is 20.8. The van der Waals surface area contributed by atoms with Gasteiger partial charge in [0, 0.05) is 12.6 Å². The molecule has 1 aliphatic rings. The molecule has 0 spiro atoms. The van der Waals surface area contributed by atoms with Gasteiger partial charge in [0.15, 0.2) is 9.84 Å². The zero-order valence-corrected chi connectivity index (χ0v) is 12.2. The summed E-state index contributed by atoms with van der Waals surface area (Å²) in [4.78, 5) is 13.8. The fraction of sp³-hybridized carbons (Fsp3) is 0.500. The van der Waals surface area contributed by atoms with E-state index in [2.05, 4.69) is 0 Å². The molecular formula is C14H18FNO3S. The molecule has 0 radical (unpaired) electrons. The zero-order chi connectivity index (χ0) is 14.8. The van der Waals surface area contributed by atoms with Crippen LogP contribution in [0.5, 0.6) is 0 Å². The van der Waals surface area contributed by atoms with E-state index in [1.165, 1.54) is 6.07 Å². The highest BCUT2D eigenvalue weighted by atomic mass is 32.2. The van der Waals surface area contributed by atoms with E-state index in [9.17, 15) is 17.6 Å². The molecule has 0 aromatic heterocycles. The fourth-order valence-corrected chi connectivity index (χ4v) is 4.30. The van der Waals surface area contributed by atoms with Gasteiger partial charge in [-0.3, -0.25) is 4.79 Å². The number of rotatable bonds is 4. The minimum Gasteiger partial charge on any atom is -0.339 e. The third kappa shape index (κ3) is 3.36. The van der Waals surface area contributed by atoms with Crippen LogP contribution in [0.1, 0.15) is 18.9 Å². The minimum absolute atomic E-state index is 0.0177. The Morgan fingerprint density at radius 1 is 1.40 bits per heavy atom. The molecule has 0 aliphatic carbocycles. The lowest BCUT2D eigenvalue weighted by atomic mass is 10.1. The standard InChI is InChI=1S/C14H18FNO3S/c1-2-16(12-7-8-20(18,19)10-12)14(17)9-11-5-3-4-6-13(11)15/h3-6,12H,2,7-10H2,1H3. The molecule has 1 atom stereocenters. The lowest BCUT2D eigenvalue weighted by Crippen LogP contribution is -2.41. The van der Waals surface area contributed by atoms with Gasteiger partial charge in [-0.05, 0) is 25.0 Å². The van der Waals surface area contributed by atoms with E-state index in [1.807, 2.05) is 6.92 Å². The Balaban J connectivity index is 2.09. The van der Waals surface area contributed by atoms with Gasteiger partial charge in [-0.1, -0.05) is 18.2 Å². The van der Waals surface area contributed by atoms with Crippen LogP contribution in [0.4, 0.5) is 4.39 Å². The Kier molecular flexibility index (Phi) is 4.42. The van der Waals surface area contributed by atoms with Gasteiger partial charge in [-0.25, -0.2) is 12.8 Å². The molecule has 2 rings (SSSR count). The van der Waals surface area contributed by atoms with Crippen molar-refractivity contribution in [2.75, 3.05) is 18.1 Å². The molecule has 1 amide bonds. The number of carbonyl (C=O) groups excluding carboxylic acids is 1. The third-order valence-electron chi connectivity index (χ3n) is 3.61. The molecule has 1 aromatic rings. The molecule has 0 saturated carbocycles. The molecule has 1 saturated heterocycles. The van der Waals surface area contributed by atoms with Crippen LogP contribution in [0.15, 0.2) is 24.3 Å². The summed E-state index contributed by atoms with van der Waals surface area (Å²) in [5.41, 5.74) is 0.344. The average Bonchev–Trinajstić information content (AvgIpc) is 2.73. The smallest absolute Gasteiger partial charge is 0.227 e. The van der Waals surface area contributed by atoms with Crippen LogP contribution in [-0.2, 0) is 21.1 Å². The number of amides is 1. The van der Waals surface area contributed by atoms with Gasteiger partial charge < -0.3 is 4.90 Å². The number of halogens is 1. The van der Waals surface area contributed by atoms with Crippen LogP contribution < -0.4 is 0 Å². The van der Waals surface area contributed by atoms with Crippen LogP contribution >= 0.6 is 0 Å². The van der Waals surface area contributed by atoms with E-state index in [0.29, 0.717) is 18.5 Å². The second-order valence-corrected chi connectivity index (χ2v) is 7.23. The highest BCUT2D eigenvalue weighted by molar-refractivity contribution is 7.91. The minimum atomic E-state index is -3.03. The van der Waals surface area contributed by atoms with Crippen molar-refractivity contribution in [1.82, 2.24) is 4.90 Å². The van der Waals surface area contributed by atoms with Gasteiger partial charge in [0.1, 0.15) is 5.82 Å². The van der Waals surface area contributed by atoms with E-state index in [1.54, 1.807) is 23.1 Å². The topological polar surface area (TPSA) is 54.5 Å². The molecule has 1 heterocycles. The molecule has 6 heteroatoms. The summed E-state index contributed by atoms with van der Waals surface area (Å²) in [6, 6.07) is 5.88. The van der Waals surface area contributed by atoms with Crippen molar-refractivity contribution in [3.05, 3.63) is 35.6 Å². The van der Waals surface area contributed by atoms with Crippen LogP contribution in [0.3, 0.4) is 0 Å². The first-order chi connectivity index (χ1) is 9.43. The maximum atomic E-state index is 13.6. The van der Waals surface area contributed by atoms with Crippen molar-refractivity contribution < 1.29 is 17.6 Å². The van der Waals surface area contributed by atoms with Crippen molar-refractivity contribution in [2.24, 2.45) is 0 Å². The summed E-state index contributed by atoms with van der Waals surface area (Å²) >= 11 is 0. The predicted octanol–water partition coefficient (Wildman–Crippen LogP) is 1.40. The maximum Gasteiger partial charge on any atom is 0.227 e. The molecule has 4 nitrogen and oxygen atoms in total. The van der Waals surface area contributed by atoms with Crippen LogP contribution in [-0.4, -0.2) is 43.3 Å². The van der Waals surface area contributed by atoms with E-state index in [0.717, 1.165) is 0 Å². The van der Waals surface area contributed by atoms with Gasteiger partial charge in [-0.15, -0.1) is 0 Å². The highest BCUT2D eigenvalue weighted by Crippen LogP contribution is 2.19. The monoisotopic (exact) mass is 299 g/mol. The third-order valence-corrected chi connectivity index (χ3v) is 5.36. The summed E-state index contributed by atoms with van der Waals surface area (Å²) in [5, 5.41) is 0. The molecule has 20 heavy (non-hydrogen) atoms. The largest absolute Gasteiger partial charge is 0.339 e. The van der Waals surface area contributed by atoms with Crippen molar-refractivity contribution in [3.63, 3.8) is 0 Å². The fourth-order valence-electron chi connectivity index (χ4n) is 2.57. The zero-order valence-electron chi connectivity index (χ0n) is 11.4. The van der Waals surface area contributed by atoms with E-state index < -0.39 is 15.7 Å². The summed E-state index contributed by atoms with van der Waals surface area (Å²) < 4.78 is 36.5. The van der Waals surface area contributed by atoms with Crippen molar-refractivity contribution in [1.29, 1.82) is 0 Å². The van der Waals surface area contributed by atoms with Crippen LogP contribution in [0, 0.1) is 5.82 Å². The summed E-state index contributed by atoms with van der Waals surface area (Å²) in [6.45, 7) is 2.25. The number of likely N-dealkylation sites (N-methyl/N-ethyl adjacent to an activating group) is 1. The quantitative estimate of drug-likeness (QED) is 0.844. The van der Waals surface area contributed by atoms with Crippen molar-refractivity contribution >= 4 is 15.7 Å². The summed E-state index contributed by atoms with van der Waals surface area (Å²) in [6.07, 6.45) is 0.441. The Morgan fingerprint density at radius 3 is 2.65 bits per heavy atom. The van der Waals surface area contributed by atoms with Crippen molar-refractivity contribution in [2.45, 2.75) is 25.8 Å². The van der Waals surface area contributed by atoms with Crippen LogP contribution in [0.2, 0.25) is 0 Å². The van der Waals surface area contributed by atoms with Gasteiger partial charge in [0.25, 0.3) is 0 Å². The van der Waals surface area contributed by atoms with Crippen molar-refractivity contribution in [3.8, 4) is 0 Å². The number of hydrogen-bond acceptors (Lipinski definition) is 3. The number of benzene rings is 1. The first kappa shape index (κ1) is 15.0. The Morgan fingerprint density at radius 2 is 2.10 bits per heavy atom. The van der Waals surface area contributed by atoms with E-state index >= 15 is 0 Å². The SMILES string of the molecule is CCN(C(=O)Cc1ccccc1F)C1CCS(=O)(=O)C1. The second-order valence-electron chi connectivity index (χ2n) is 5.00. The number of nitrogens with zero attached hydrogens (tertiary/aromatic N) is 1. The van der Waals surface area contributed by atoms with Gasteiger partial charge in [0.05, 0.1) is 17.9 Å². The Hall–Kier alpha value is -1.43. The number of sulfone groups is 1. The maximum absolute atomic E-state index is 13.6. The molecular weight excluding hydrogens is 281 g/mol. The highest BCUT2D eigenvalue weighted by Gasteiger charge is 2.33. The first-order valence-electron chi connectivity index (χ1n) is 6.66. The second kappa shape index (κ2) is 5.91. The molecule has 110 valence electrons. The number of carbonyl (C=O) groups is 1. The first-order valence-corrected chi connectivity index (χ1v) is 8.48. The predicted molar refractivity (Wildman–Crippen MR) is 74.5 cm³/mol. The van der Waals surface area contributed by atoms with Crippen LogP contribution in [0.25, 0.3) is 0 Å². The lowest BCUT2D eigenvalue weighted by Gasteiger charge is -2.27. The van der Waals surface area contributed by atoms with E-state index in [4.69, 9.17) is 0 Å². The molecule has 1 unspecified atom stereocenters. The Bertz CT molecular complexity index is 600. The lowest BCUT2D eigenvalue weighted by molar-refractivity contribution is -0.132. The molecule has 1 aromatic carbocycles. The molecule has 1 aliphatic heterocycles. The molecule has 1 fully saturated rings. The van der Waals surface area contributed by atoms with Gasteiger partial charge >= 0.3 is 0 Å². The summed E-state index contributed by atoms with van der Waals surface area (Å²) in [7, 11) is -3.03.